The van der Waals surface area contributed by atoms with Crippen molar-refractivity contribution in [3.05, 3.63) is 66.2 Å². The maximum absolute atomic E-state index is 12.7. The second-order valence-electron chi connectivity index (χ2n) is 7.79. The van der Waals surface area contributed by atoms with Gasteiger partial charge < -0.3 is 14.8 Å². The van der Waals surface area contributed by atoms with Gasteiger partial charge in [-0.2, -0.15) is 0 Å². The zero-order chi connectivity index (χ0) is 22.2. The average Bonchev–Trinajstić information content (AvgIpc) is 2.66. The maximum Gasteiger partial charge on any atom is 0.407 e. The Balaban J connectivity index is 2.08. The van der Waals surface area contributed by atoms with E-state index in [2.05, 4.69) is 5.32 Å². The Hall–Kier alpha value is -2.87. The van der Waals surface area contributed by atoms with Gasteiger partial charge in [0.2, 0.25) is 0 Å². The van der Waals surface area contributed by atoms with Gasteiger partial charge in [0.25, 0.3) is 0 Å². The maximum atomic E-state index is 12.7. The second-order valence-corrected chi connectivity index (χ2v) is 9.82. The van der Waals surface area contributed by atoms with E-state index >= 15 is 0 Å². The molecule has 1 N–H and O–H groups in total. The number of carbonyl (C=O) groups is 2. The summed E-state index contributed by atoms with van der Waals surface area (Å²) in [4.78, 5) is 24.6. The first-order chi connectivity index (χ1) is 14.0. The molecule has 1 atom stereocenters. The van der Waals surface area contributed by atoms with Gasteiger partial charge in [-0.25, -0.2) is 13.2 Å². The minimum atomic E-state index is -3.74. The Labute approximate surface area is 177 Å². The van der Waals surface area contributed by atoms with Crippen molar-refractivity contribution in [2.24, 2.45) is 0 Å². The first-order valence-electron chi connectivity index (χ1n) is 9.52. The molecule has 1 unspecified atom stereocenters. The molecule has 0 bridgehead atoms. The van der Waals surface area contributed by atoms with E-state index in [4.69, 9.17) is 9.47 Å². The van der Waals surface area contributed by atoms with Crippen molar-refractivity contribution in [2.75, 3.05) is 5.75 Å². The van der Waals surface area contributed by atoms with E-state index in [-0.39, 0.29) is 17.9 Å². The van der Waals surface area contributed by atoms with Crippen LogP contribution in [0.15, 0.2) is 65.6 Å². The smallest absolute Gasteiger partial charge is 0.407 e. The molecule has 2 aromatic carbocycles. The number of rotatable bonds is 8. The lowest BCUT2D eigenvalue weighted by Crippen LogP contribution is -2.42. The molecule has 0 aliphatic heterocycles. The molecule has 30 heavy (non-hydrogen) atoms. The van der Waals surface area contributed by atoms with E-state index in [9.17, 15) is 18.0 Å². The van der Waals surface area contributed by atoms with Crippen LogP contribution in [0.5, 0.6) is 0 Å². The highest BCUT2D eigenvalue weighted by Gasteiger charge is 2.27. The number of amides is 1. The molecule has 8 heteroatoms. The van der Waals surface area contributed by atoms with Gasteiger partial charge in [-0.1, -0.05) is 48.5 Å². The normalized spacial score (nSPS) is 12.6. The first-order valence-corrected chi connectivity index (χ1v) is 11.2. The number of alkyl carbamates (subject to hydrolysis) is 1. The SMILES string of the molecule is CC(C)(C)OC(=O)CC(CS(=O)(=O)c1ccccc1)NC(=O)OCc1ccccc1. The second kappa shape index (κ2) is 10.2. The molecule has 0 aliphatic carbocycles. The standard InChI is InChI=1S/C22H27NO6S/c1-22(2,3)29-20(24)14-18(16-30(26,27)19-12-8-5-9-13-19)23-21(25)28-15-17-10-6-4-7-11-17/h4-13,18H,14-16H2,1-3H3,(H,23,25). The summed E-state index contributed by atoms with van der Waals surface area (Å²) < 4.78 is 35.9. The van der Waals surface area contributed by atoms with Crippen LogP contribution in [0, 0.1) is 0 Å². The molecule has 0 spiro atoms. The fourth-order valence-electron chi connectivity index (χ4n) is 2.66. The molecule has 2 rings (SSSR count). The lowest BCUT2D eigenvalue weighted by Gasteiger charge is -2.23. The van der Waals surface area contributed by atoms with E-state index in [1.54, 1.807) is 51.1 Å². The van der Waals surface area contributed by atoms with Crippen LogP contribution < -0.4 is 5.32 Å². The summed E-state index contributed by atoms with van der Waals surface area (Å²) in [5.74, 6) is -1.07. The van der Waals surface area contributed by atoms with Crippen molar-refractivity contribution in [1.29, 1.82) is 0 Å². The van der Waals surface area contributed by atoms with Crippen LogP contribution in [0.3, 0.4) is 0 Å². The van der Waals surface area contributed by atoms with E-state index in [1.165, 1.54) is 12.1 Å². The Morgan fingerprint density at radius 2 is 1.53 bits per heavy atom. The third-order valence-electron chi connectivity index (χ3n) is 3.89. The van der Waals surface area contributed by atoms with Gasteiger partial charge in [0, 0.05) is 0 Å². The lowest BCUT2D eigenvalue weighted by atomic mass is 10.2. The number of sulfone groups is 1. The Kier molecular flexibility index (Phi) is 8.00. The largest absolute Gasteiger partial charge is 0.460 e. The highest BCUT2D eigenvalue weighted by atomic mass is 32.2. The van der Waals surface area contributed by atoms with Crippen LogP contribution in [-0.2, 0) is 30.7 Å². The molecule has 0 radical (unpaired) electrons. The molecular weight excluding hydrogens is 406 g/mol. The van der Waals surface area contributed by atoms with Gasteiger partial charge >= 0.3 is 12.1 Å². The summed E-state index contributed by atoms with van der Waals surface area (Å²) in [7, 11) is -3.74. The molecule has 0 saturated heterocycles. The predicted octanol–water partition coefficient (Wildman–Crippen LogP) is 3.49. The van der Waals surface area contributed by atoms with Crippen LogP contribution >= 0.6 is 0 Å². The summed E-state index contributed by atoms with van der Waals surface area (Å²) >= 11 is 0. The van der Waals surface area contributed by atoms with Crippen molar-refractivity contribution in [3.63, 3.8) is 0 Å². The average molecular weight is 434 g/mol. The number of carbonyl (C=O) groups excluding carboxylic acids is 2. The van der Waals surface area contributed by atoms with Crippen molar-refractivity contribution >= 4 is 21.9 Å². The molecule has 0 aromatic heterocycles. The highest BCUT2D eigenvalue weighted by Crippen LogP contribution is 2.15. The molecule has 0 fully saturated rings. The molecule has 7 nitrogen and oxygen atoms in total. The molecule has 0 saturated carbocycles. The Morgan fingerprint density at radius 3 is 2.10 bits per heavy atom. The third kappa shape index (κ3) is 8.24. The lowest BCUT2D eigenvalue weighted by molar-refractivity contribution is -0.155. The van der Waals surface area contributed by atoms with Crippen LogP contribution in [0.1, 0.15) is 32.8 Å². The van der Waals surface area contributed by atoms with Crippen molar-refractivity contribution in [2.45, 2.75) is 50.3 Å². The topological polar surface area (TPSA) is 98.8 Å². The fraction of sp³-hybridized carbons (Fsp3) is 0.364. The van der Waals surface area contributed by atoms with Crippen LogP contribution in [0.4, 0.5) is 4.79 Å². The minimum Gasteiger partial charge on any atom is -0.460 e. The number of hydrogen-bond donors (Lipinski definition) is 1. The fourth-order valence-corrected chi connectivity index (χ4v) is 4.15. The van der Waals surface area contributed by atoms with Gasteiger partial charge in [0.15, 0.2) is 9.84 Å². The zero-order valence-corrected chi connectivity index (χ0v) is 18.1. The summed E-state index contributed by atoms with van der Waals surface area (Å²) in [6.45, 7) is 5.16. The number of esters is 1. The van der Waals surface area contributed by atoms with Gasteiger partial charge in [-0.05, 0) is 38.5 Å². The van der Waals surface area contributed by atoms with Gasteiger partial charge in [-0.3, -0.25) is 4.79 Å². The number of ether oxygens (including phenoxy) is 2. The number of benzene rings is 2. The van der Waals surface area contributed by atoms with Crippen LogP contribution in [0.25, 0.3) is 0 Å². The van der Waals surface area contributed by atoms with Crippen LogP contribution in [0.2, 0.25) is 0 Å². The molecule has 2 aromatic rings. The monoisotopic (exact) mass is 433 g/mol. The van der Waals surface area contributed by atoms with Gasteiger partial charge in [-0.15, -0.1) is 0 Å². The van der Waals surface area contributed by atoms with Gasteiger partial charge in [0.1, 0.15) is 12.2 Å². The summed E-state index contributed by atoms with van der Waals surface area (Å²) in [5.41, 5.74) is 0.0570. The van der Waals surface area contributed by atoms with Crippen molar-refractivity contribution < 1.29 is 27.5 Å². The van der Waals surface area contributed by atoms with E-state index in [0.717, 1.165) is 5.56 Å². The van der Waals surface area contributed by atoms with E-state index < -0.39 is 39.3 Å². The highest BCUT2D eigenvalue weighted by molar-refractivity contribution is 7.91. The molecule has 1 amide bonds. The molecule has 162 valence electrons. The molecular formula is C22H27NO6S. The number of hydrogen-bond acceptors (Lipinski definition) is 6. The molecule has 0 aliphatic rings. The van der Waals surface area contributed by atoms with Crippen molar-refractivity contribution in [3.8, 4) is 0 Å². The summed E-state index contributed by atoms with van der Waals surface area (Å²) in [6.07, 6.45) is -1.11. The third-order valence-corrected chi connectivity index (χ3v) is 5.72. The van der Waals surface area contributed by atoms with E-state index in [1.807, 2.05) is 18.2 Å². The van der Waals surface area contributed by atoms with Crippen molar-refractivity contribution in [1.82, 2.24) is 5.32 Å². The van der Waals surface area contributed by atoms with E-state index in [0.29, 0.717) is 0 Å². The Morgan fingerprint density at radius 1 is 0.967 bits per heavy atom. The molecule has 0 heterocycles. The first kappa shape index (κ1) is 23.4. The summed E-state index contributed by atoms with van der Waals surface area (Å²) in [6, 6.07) is 15.9. The summed E-state index contributed by atoms with van der Waals surface area (Å²) in [5, 5.41) is 2.49. The van der Waals surface area contributed by atoms with Gasteiger partial charge in [0.05, 0.1) is 23.1 Å². The zero-order valence-electron chi connectivity index (χ0n) is 17.3. The van der Waals surface area contributed by atoms with Crippen LogP contribution in [-0.4, -0.2) is 37.9 Å². The Bertz CT molecular complexity index is 937. The predicted molar refractivity (Wildman–Crippen MR) is 113 cm³/mol. The quantitative estimate of drug-likeness (QED) is 0.640. The number of nitrogens with one attached hydrogen (secondary N) is 1. The minimum absolute atomic E-state index is 0.0251.